The zero-order chi connectivity index (χ0) is 13.1. The highest BCUT2D eigenvalue weighted by molar-refractivity contribution is 5.44. The minimum absolute atomic E-state index is 0.188. The molecule has 0 radical (unpaired) electrons. The molecular weight excluding hydrogens is 244 g/mol. The SMILES string of the molecule is OCC1CNCCCN1Cc1ccc2c(c1)OCO2. The Labute approximate surface area is 113 Å². The number of aliphatic hydroxyl groups is 1. The molecule has 0 aliphatic carbocycles. The van der Waals surface area contributed by atoms with Crippen LogP contribution < -0.4 is 14.8 Å². The summed E-state index contributed by atoms with van der Waals surface area (Å²) in [7, 11) is 0. The Bertz CT molecular complexity index is 439. The smallest absolute Gasteiger partial charge is 0.231 e. The third-order valence-electron chi connectivity index (χ3n) is 3.73. The van der Waals surface area contributed by atoms with Gasteiger partial charge < -0.3 is 19.9 Å². The summed E-state index contributed by atoms with van der Waals surface area (Å²) in [6.07, 6.45) is 1.11. The number of aliphatic hydroxyl groups excluding tert-OH is 1. The fourth-order valence-corrected chi connectivity index (χ4v) is 2.65. The standard InChI is InChI=1S/C14H20N2O3/c17-9-12-7-15-4-1-5-16(12)8-11-2-3-13-14(6-11)19-10-18-13/h2-3,6,12,15,17H,1,4-5,7-10H2. The van der Waals surface area contributed by atoms with Gasteiger partial charge in [0.2, 0.25) is 6.79 Å². The van der Waals surface area contributed by atoms with Gasteiger partial charge in [-0.3, -0.25) is 4.90 Å². The maximum Gasteiger partial charge on any atom is 0.231 e. The van der Waals surface area contributed by atoms with Crippen molar-refractivity contribution in [2.75, 3.05) is 33.0 Å². The number of rotatable bonds is 3. The van der Waals surface area contributed by atoms with E-state index < -0.39 is 0 Å². The lowest BCUT2D eigenvalue weighted by molar-refractivity contribution is 0.126. The molecule has 3 rings (SSSR count). The van der Waals surface area contributed by atoms with E-state index in [1.54, 1.807) is 0 Å². The normalized spacial score (nSPS) is 23.3. The highest BCUT2D eigenvalue weighted by atomic mass is 16.7. The van der Waals surface area contributed by atoms with Crippen LogP contribution in [0.15, 0.2) is 18.2 Å². The molecule has 2 aliphatic heterocycles. The van der Waals surface area contributed by atoms with Crippen molar-refractivity contribution in [3.05, 3.63) is 23.8 Å². The first-order valence-electron chi connectivity index (χ1n) is 6.81. The molecule has 0 amide bonds. The van der Waals surface area contributed by atoms with E-state index in [4.69, 9.17) is 9.47 Å². The van der Waals surface area contributed by atoms with Crippen molar-refractivity contribution in [2.45, 2.75) is 19.0 Å². The monoisotopic (exact) mass is 264 g/mol. The molecule has 1 fully saturated rings. The van der Waals surface area contributed by atoms with Crippen molar-refractivity contribution >= 4 is 0 Å². The van der Waals surface area contributed by atoms with E-state index in [1.807, 2.05) is 12.1 Å². The summed E-state index contributed by atoms with van der Waals surface area (Å²) in [5, 5.41) is 12.9. The molecule has 0 aromatic heterocycles. The molecule has 5 heteroatoms. The maximum atomic E-state index is 9.49. The van der Waals surface area contributed by atoms with E-state index in [1.165, 1.54) is 5.56 Å². The lowest BCUT2D eigenvalue weighted by Crippen LogP contribution is -2.41. The van der Waals surface area contributed by atoms with E-state index >= 15 is 0 Å². The van der Waals surface area contributed by atoms with Crippen LogP contribution in [0.5, 0.6) is 11.5 Å². The summed E-state index contributed by atoms with van der Waals surface area (Å²) in [5.74, 6) is 1.64. The number of benzene rings is 1. The highest BCUT2D eigenvalue weighted by Crippen LogP contribution is 2.32. The molecule has 104 valence electrons. The summed E-state index contributed by atoms with van der Waals surface area (Å²) in [6, 6.07) is 6.25. The Morgan fingerprint density at radius 3 is 3.11 bits per heavy atom. The Morgan fingerprint density at radius 1 is 1.32 bits per heavy atom. The lowest BCUT2D eigenvalue weighted by atomic mass is 10.1. The predicted octanol–water partition coefficient (Wildman–Crippen LogP) is 0.571. The van der Waals surface area contributed by atoms with Gasteiger partial charge >= 0.3 is 0 Å². The molecule has 1 atom stereocenters. The number of hydrogen-bond acceptors (Lipinski definition) is 5. The van der Waals surface area contributed by atoms with Crippen molar-refractivity contribution in [3.63, 3.8) is 0 Å². The van der Waals surface area contributed by atoms with Crippen molar-refractivity contribution < 1.29 is 14.6 Å². The third-order valence-corrected chi connectivity index (χ3v) is 3.73. The van der Waals surface area contributed by atoms with Gasteiger partial charge in [-0.2, -0.15) is 0 Å². The topological polar surface area (TPSA) is 54.0 Å². The summed E-state index contributed by atoms with van der Waals surface area (Å²) >= 11 is 0. The van der Waals surface area contributed by atoms with Crippen LogP contribution in [0.2, 0.25) is 0 Å². The van der Waals surface area contributed by atoms with Gasteiger partial charge in [-0.25, -0.2) is 0 Å². The molecule has 1 saturated heterocycles. The van der Waals surface area contributed by atoms with Crippen LogP contribution >= 0.6 is 0 Å². The van der Waals surface area contributed by atoms with E-state index in [0.29, 0.717) is 6.79 Å². The van der Waals surface area contributed by atoms with Gasteiger partial charge in [0.05, 0.1) is 6.61 Å². The predicted molar refractivity (Wildman–Crippen MR) is 71.3 cm³/mol. The van der Waals surface area contributed by atoms with Gasteiger partial charge in [-0.15, -0.1) is 0 Å². The minimum atomic E-state index is 0.188. The second-order valence-electron chi connectivity index (χ2n) is 5.05. The molecule has 19 heavy (non-hydrogen) atoms. The molecule has 2 heterocycles. The fourth-order valence-electron chi connectivity index (χ4n) is 2.65. The quantitative estimate of drug-likeness (QED) is 0.836. The zero-order valence-corrected chi connectivity index (χ0v) is 11.0. The van der Waals surface area contributed by atoms with Crippen LogP contribution in [0, 0.1) is 0 Å². The minimum Gasteiger partial charge on any atom is -0.454 e. The molecule has 1 aromatic rings. The van der Waals surface area contributed by atoms with Crippen LogP contribution in [0.3, 0.4) is 0 Å². The second kappa shape index (κ2) is 5.77. The highest BCUT2D eigenvalue weighted by Gasteiger charge is 2.21. The van der Waals surface area contributed by atoms with Crippen LogP contribution in [-0.4, -0.2) is 49.1 Å². The summed E-state index contributed by atoms with van der Waals surface area (Å²) in [6.45, 7) is 4.22. The first-order chi connectivity index (χ1) is 9.36. The van der Waals surface area contributed by atoms with Crippen LogP contribution in [-0.2, 0) is 6.54 Å². The van der Waals surface area contributed by atoms with Gasteiger partial charge in [0.1, 0.15) is 0 Å². The fraction of sp³-hybridized carbons (Fsp3) is 0.571. The number of ether oxygens (including phenoxy) is 2. The van der Waals surface area contributed by atoms with Crippen molar-refractivity contribution in [3.8, 4) is 11.5 Å². The van der Waals surface area contributed by atoms with E-state index in [2.05, 4.69) is 16.3 Å². The average Bonchev–Trinajstić information content (AvgIpc) is 2.78. The van der Waals surface area contributed by atoms with Crippen molar-refractivity contribution in [1.29, 1.82) is 0 Å². The molecule has 2 N–H and O–H groups in total. The molecule has 0 spiro atoms. The third kappa shape index (κ3) is 2.83. The van der Waals surface area contributed by atoms with Gasteiger partial charge in [0.25, 0.3) is 0 Å². The van der Waals surface area contributed by atoms with Crippen LogP contribution in [0.1, 0.15) is 12.0 Å². The largest absolute Gasteiger partial charge is 0.454 e. The Hall–Kier alpha value is -1.30. The number of nitrogens with one attached hydrogen (secondary N) is 1. The first-order valence-corrected chi connectivity index (χ1v) is 6.81. The first kappa shape index (κ1) is 12.7. The van der Waals surface area contributed by atoms with Gasteiger partial charge in [-0.05, 0) is 30.7 Å². The molecule has 1 unspecified atom stereocenters. The van der Waals surface area contributed by atoms with Crippen LogP contribution in [0.4, 0.5) is 0 Å². The van der Waals surface area contributed by atoms with E-state index in [9.17, 15) is 5.11 Å². The number of nitrogens with zero attached hydrogens (tertiary/aromatic N) is 1. The average molecular weight is 264 g/mol. The molecule has 1 aromatic carbocycles. The zero-order valence-electron chi connectivity index (χ0n) is 11.0. The van der Waals surface area contributed by atoms with E-state index in [-0.39, 0.29) is 12.6 Å². The summed E-state index contributed by atoms with van der Waals surface area (Å²) in [5.41, 5.74) is 1.20. The molecule has 5 nitrogen and oxygen atoms in total. The molecular formula is C14H20N2O3. The number of fused-ring (bicyclic) bond motifs is 1. The second-order valence-corrected chi connectivity index (χ2v) is 5.05. The van der Waals surface area contributed by atoms with Gasteiger partial charge in [0.15, 0.2) is 11.5 Å². The molecule has 0 saturated carbocycles. The van der Waals surface area contributed by atoms with Gasteiger partial charge in [-0.1, -0.05) is 6.07 Å². The van der Waals surface area contributed by atoms with Crippen LogP contribution in [0.25, 0.3) is 0 Å². The summed E-state index contributed by atoms with van der Waals surface area (Å²) in [4.78, 5) is 2.33. The molecule has 0 bridgehead atoms. The van der Waals surface area contributed by atoms with Crippen molar-refractivity contribution in [2.24, 2.45) is 0 Å². The van der Waals surface area contributed by atoms with E-state index in [0.717, 1.165) is 44.1 Å². The number of hydrogen-bond donors (Lipinski definition) is 2. The lowest BCUT2D eigenvalue weighted by Gasteiger charge is -2.28. The van der Waals surface area contributed by atoms with Crippen molar-refractivity contribution in [1.82, 2.24) is 10.2 Å². The Kier molecular flexibility index (Phi) is 3.87. The Morgan fingerprint density at radius 2 is 2.21 bits per heavy atom. The summed E-state index contributed by atoms with van der Waals surface area (Å²) < 4.78 is 10.7. The van der Waals surface area contributed by atoms with Gasteiger partial charge in [0, 0.05) is 25.7 Å². The Balaban J connectivity index is 1.72. The molecule has 2 aliphatic rings. The maximum absolute atomic E-state index is 9.49.